The fraction of sp³-hybridized carbons (Fsp3) is 0.632. The van der Waals surface area contributed by atoms with Crippen LogP contribution in [-0.2, 0) is 16.0 Å². The molecule has 0 saturated carbocycles. The van der Waals surface area contributed by atoms with Crippen LogP contribution in [0.2, 0.25) is 0 Å². The Hall–Kier alpha value is -0.870. The molecule has 23 heavy (non-hydrogen) atoms. The van der Waals surface area contributed by atoms with Gasteiger partial charge in [-0.05, 0) is 49.9 Å². The van der Waals surface area contributed by atoms with Crippen LogP contribution < -0.4 is 0 Å². The summed E-state index contributed by atoms with van der Waals surface area (Å²) in [4.78, 5) is 14.9. The number of hydrogen-bond donors (Lipinski definition) is 0. The van der Waals surface area contributed by atoms with E-state index in [2.05, 4.69) is 53.0 Å². The van der Waals surface area contributed by atoms with Crippen molar-refractivity contribution < 1.29 is 9.53 Å². The van der Waals surface area contributed by atoms with Gasteiger partial charge in [0, 0.05) is 22.5 Å². The summed E-state index contributed by atoms with van der Waals surface area (Å²) in [5.74, 6) is 0.164. The summed E-state index contributed by atoms with van der Waals surface area (Å²) >= 11 is 3.72. The lowest BCUT2D eigenvalue weighted by Crippen LogP contribution is -2.49. The molecule has 4 heteroatoms. The molecule has 2 aliphatic rings. The molecule has 0 N–H and O–H groups in total. The monoisotopic (exact) mass is 379 g/mol. The van der Waals surface area contributed by atoms with E-state index in [9.17, 15) is 4.79 Å². The molecule has 0 radical (unpaired) electrons. The summed E-state index contributed by atoms with van der Waals surface area (Å²) in [5.41, 5.74) is 2.62. The van der Waals surface area contributed by atoms with Crippen LogP contribution in [0.15, 0.2) is 22.7 Å². The van der Waals surface area contributed by atoms with Crippen LogP contribution in [0.3, 0.4) is 0 Å². The first-order valence-electron chi connectivity index (χ1n) is 8.64. The Morgan fingerprint density at radius 1 is 1.39 bits per heavy atom. The van der Waals surface area contributed by atoms with E-state index in [1.54, 1.807) is 0 Å². The minimum atomic E-state index is -0.0547. The largest absolute Gasteiger partial charge is 0.469 e. The van der Waals surface area contributed by atoms with E-state index in [-0.39, 0.29) is 17.8 Å². The maximum absolute atomic E-state index is 12.5. The van der Waals surface area contributed by atoms with E-state index in [4.69, 9.17) is 4.74 Å². The van der Waals surface area contributed by atoms with Gasteiger partial charge in [0.25, 0.3) is 0 Å². The third-order valence-electron chi connectivity index (χ3n) is 5.77. The Balaban J connectivity index is 1.93. The highest BCUT2D eigenvalue weighted by Gasteiger charge is 2.49. The van der Waals surface area contributed by atoms with Crippen LogP contribution in [0.1, 0.15) is 49.7 Å². The van der Waals surface area contributed by atoms with Gasteiger partial charge in [-0.3, -0.25) is 9.69 Å². The van der Waals surface area contributed by atoms with Gasteiger partial charge in [-0.15, -0.1) is 0 Å². The van der Waals surface area contributed by atoms with Gasteiger partial charge in [0.2, 0.25) is 0 Å². The molecule has 126 valence electrons. The number of benzene rings is 1. The fourth-order valence-electron chi connectivity index (χ4n) is 4.53. The van der Waals surface area contributed by atoms with Gasteiger partial charge in [-0.25, -0.2) is 0 Å². The Morgan fingerprint density at radius 2 is 2.17 bits per heavy atom. The zero-order valence-electron chi connectivity index (χ0n) is 14.2. The molecule has 0 amide bonds. The molecule has 0 spiro atoms. The van der Waals surface area contributed by atoms with Gasteiger partial charge in [0.15, 0.2) is 0 Å². The SMILES string of the molecule is CCCc1ccc(C2CC3CCC(C2C(=O)OC)N3C)cc1Br. The number of rotatable bonds is 4. The number of halogens is 1. The third kappa shape index (κ3) is 3.08. The average Bonchev–Trinajstić information content (AvgIpc) is 2.79. The molecule has 4 unspecified atom stereocenters. The highest BCUT2D eigenvalue weighted by Crippen LogP contribution is 2.47. The molecule has 2 fully saturated rings. The van der Waals surface area contributed by atoms with E-state index in [0.717, 1.165) is 25.7 Å². The van der Waals surface area contributed by atoms with Crippen molar-refractivity contribution in [2.24, 2.45) is 5.92 Å². The molecule has 2 saturated heterocycles. The molecule has 2 aliphatic heterocycles. The zero-order chi connectivity index (χ0) is 16.6. The Kier molecular flexibility index (Phi) is 5.12. The van der Waals surface area contributed by atoms with E-state index in [1.165, 1.54) is 29.1 Å². The predicted molar refractivity (Wildman–Crippen MR) is 95.6 cm³/mol. The summed E-state index contributed by atoms with van der Waals surface area (Å²) in [6.45, 7) is 2.20. The van der Waals surface area contributed by atoms with Gasteiger partial charge in [0.05, 0.1) is 13.0 Å². The number of methoxy groups -OCH3 is 1. The predicted octanol–water partition coefficient (Wildman–Crippen LogP) is 4.14. The maximum atomic E-state index is 12.5. The first kappa shape index (κ1) is 17.0. The fourth-order valence-corrected chi connectivity index (χ4v) is 5.13. The molecule has 4 atom stereocenters. The van der Waals surface area contributed by atoms with E-state index in [1.807, 2.05) is 0 Å². The molecule has 1 aromatic rings. The van der Waals surface area contributed by atoms with Crippen molar-refractivity contribution >= 4 is 21.9 Å². The Labute approximate surface area is 147 Å². The number of piperidine rings is 1. The van der Waals surface area contributed by atoms with Gasteiger partial charge < -0.3 is 4.74 Å². The molecule has 3 nitrogen and oxygen atoms in total. The van der Waals surface area contributed by atoms with Crippen molar-refractivity contribution in [3.63, 3.8) is 0 Å². The first-order chi connectivity index (χ1) is 11.1. The molecule has 0 aliphatic carbocycles. The summed E-state index contributed by atoms with van der Waals surface area (Å²) in [5, 5.41) is 0. The third-order valence-corrected chi connectivity index (χ3v) is 6.50. The average molecular weight is 380 g/mol. The van der Waals surface area contributed by atoms with Gasteiger partial charge >= 0.3 is 5.97 Å². The second-order valence-electron chi connectivity index (χ2n) is 6.96. The Bertz CT molecular complexity index is 589. The van der Waals surface area contributed by atoms with E-state index >= 15 is 0 Å². The molecular formula is C19H26BrNO2. The smallest absolute Gasteiger partial charge is 0.310 e. The number of hydrogen-bond acceptors (Lipinski definition) is 3. The summed E-state index contributed by atoms with van der Waals surface area (Å²) < 4.78 is 6.33. The number of carbonyl (C=O) groups excluding carboxylic acids is 1. The minimum Gasteiger partial charge on any atom is -0.469 e. The summed E-state index contributed by atoms with van der Waals surface area (Å²) in [6.07, 6.45) is 5.57. The van der Waals surface area contributed by atoms with Gasteiger partial charge in [-0.2, -0.15) is 0 Å². The summed E-state index contributed by atoms with van der Waals surface area (Å²) in [6, 6.07) is 7.59. The molecule has 2 heterocycles. The van der Waals surface area contributed by atoms with Crippen molar-refractivity contribution in [2.45, 2.75) is 57.0 Å². The number of ether oxygens (including phenoxy) is 1. The molecule has 3 rings (SSSR count). The first-order valence-corrected chi connectivity index (χ1v) is 9.44. The number of esters is 1. The van der Waals surface area contributed by atoms with Crippen molar-refractivity contribution in [3.8, 4) is 0 Å². The molecular weight excluding hydrogens is 354 g/mol. The molecule has 1 aromatic carbocycles. The second-order valence-corrected chi connectivity index (χ2v) is 7.81. The zero-order valence-corrected chi connectivity index (χ0v) is 15.8. The minimum absolute atomic E-state index is 0.0484. The van der Waals surface area contributed by atoms with Crippen LogP contribution >= 0.6 is 15.9 Å². The van der Waals surface area contributed by atoms with Gasteiger partial charge in [-0.1, -0.05) is 41.4 Å². The van der Waals surface area contributed by atoms with Crippen molar-refractivity contribution in [1.29, 1.82) is 0 Å². The van der Waals surface area contributed by atoms with E-state index in [0.29, 0.717) is 12.1 Å². The van der Waals surface area contributed by atoms with Gasteiger partial charge in [0.1, 0.15) is 0 Å². The number of nitrogens with zero attached hydrogens (tertiary/aromatic N) is 1. The van der Waals surface area contributed by atoms with Crippen LogP contribution in [-0.4, -0.2) is 37.1 Å². The van der Waals surface area contributed by atoms with Crippen molar-refractivity contribution in [1.82, 2.24) is 4.90 Å². The molecule has 0 aromatic heterocycles. The number of carbonyl (C=O) groups is 1. The highest BCUT2D eigenvalue weighted by atomic mass is 79.9. The van der Waals surface area contributed by atoms with Crippen LogP contribution in [0, 0.1) is 5.92 Å². The lowest BCUT2D eigenvalue weighted by molar-refractivity contribution is -0.150. The molecule has 2 bridgehead atoms. The highest BCUT2D eigenvalue weighted by molar-refractivity contribution is 9.10. The number of aryl methyl sites for hydroxylation is 1. The van der Waals surface area contributed by atoms with E-state index < -0.39 is 0 Å². The van der Waals surface area contributed by atoms with Crippen LogP contribution in [0.25, 0.3) is 0 Å². The standard InChI is InChI=1S/C19H26BrNO2/c1-4-5-12-6-7-13(10-16(12)20)15-11-14-8-9-17(21(14)2)18(15)19(22)23-3/h6-7,10,14-15,17-18H,4-5,8-9,11H2,1-3H3. The lowest BCUT2D eigenvalue weighted by Gasteiger charge is -2.41. The quantitative estimate of drug-likeness (QED) is 0.736. The maximum Gasteiger partial charge on any atom is 0.310 e. The lowest BCUT2D eigenvalue weighted by atomic mass is 9.76. The Morgan fingerprint density at radius 3 is 2.83 bits per heavy atom. The second kappa shape index (κ2) is 6.94. The number of fused-ring (bicyclic) bond motifs is 2. The van der Waals surface area contributed by atoms with Crippen LogP contribution in [0.5, 0.6) is 0 Å². The van der Waals surface area contributed by atoms with Crippen LogP contribution in [0.4, 0.5) is 0 Å². The topological polar surface area (TPSA) is 29.5 Å². The van der Waals surface area contributed by atoms with Crippen molar-refractivity contribution in [2.75, 3.05) is 14.2 Å². The normalized spacial score (nSPS) is 30.4. The summed E-state index contributed by atoms with van der Waals surface area (Å²) in [7, 11) is 3.68. The van der Waals surface area contributed by atoms with Crippen molar-refractivity contribution in [3.05, 3.63) is 33.8 Å².